The molecule has 8 nitrogen and oxygen atoms in total. The summed E-state index contributed by atoms with van der Waals surface area (Å²) in [4.78, 5) is 18.5. The van der Waals surface area contributed by atoms with Crippen LogP contribution < -0.4 is 15.0 Å². The predicted octanol–water partition coefficient (Wildman–Crippen LogP) is 5.56. The minimum Gasteiger partial charge on any atom is -0.489 e. The molecule has 0 atom stereocenters. The number of aromatic nitrogens is 2. The van der Waals surface area contributed by atoms with Gasteiger partial charge in [-0.3, -0.25) is 9.89 Å². The third kappa shape index (κ3) is 6.42. The van der Waals surface area contributed by atoms with E-state index < -0.39 is 0 Å². The first-order valence-electron chi connectivity index (χ1n) is 14.7. The van der Waals surface area contributed by atoms with E-state index in [0.717, 1.165) is 86.2 Å². The first kappa shape index (κ1) is 28.2. The number of halogens is 1. The number of H-pyrrole nitrogens is 1. The molecule has 2 N–H and O–H groups in total. The lowest BCUT2D eigenvalue weighted by Crippen LogP contribution is -2.44. The van der Waals surface area contributed by atoms with Crippen LogP contribution in [0.25, 0.3) is 10.9 Å². The van der Waals surface area contributed by atoms with E-state index in [-0.39, 0.29) is 18.3 Å². The Morgan fingerprint density at radius 1 is 1.05 bits per heavy atom. The van der Waals surface area contributed by atoms with Gasteiger partial charge in [-0.05, 0) is 104 Å². The molecule has 4 aromatic rings. The maximum absolute atomic E-state index is 13.7. The van der Waals surface area contributed by atoms with Crippen molar-refractivity contribution in [3.8, 4) is 5.75 Å². The Kier molecular flexibility index (Phi) is 8.39. The van der Waals surface area contributed by atoms with Gasteiger partial charge in [0.1, 0.15) is 18.2 Å². The van der Waals surface area contributed by atoms with Crippen molar-refractivity contribution in [1.29, 1.82) is 0 Å². The molecule has 0 saturated carbocycles. The van der Waals surface area contributed by atoms with E-state index in [1.165, 1.54) is 17.8 Å². The van der Waals surface area contributed by atoms with Gasteiger partial charge >= 0.3 is 0 Å². The summed E-state index contributed by atoms with van der Waals surface area (Å²) in [5.74, 6) is 1.07. The molecule has 3 heterocycles. The number of rotatable bonds is 8. The number of anilines is 2. The Morgan fingerprint density at radius 2 is 1.86 bits per heavy atom. The number of carbonyl (C=O) groups is 1. The number of carbonyl (C=O) groups excluding carboxylic acids is 1. The Hall–Kier alpha value is -3.95. The first-order chi connectivity index (χ1) is 20.4. The number of hydrogen-bond donors (Lipinski definition) is 2. The summed E-state index contributed by atoms with van der Waals surface area (Å²) in [6, 6.07) is 16.5. The SMILES string of the molecule is Cc1ccc(F)cc1COc1ccc2[nH]nc(NC(=O)c3ccc(N4CCN(C)CC4)cc3CC3CCOCC3)c2c1. The fourth-order valence-electron chi connectivity index (χ4n) is 5.80. The van der Waals surface area contributed by atoms with Gasteiger partial charge in [-0.1, -0.05) is 6.07 Å². The second kappa shape index (κ2) is 12.5. The van der Waals surface area contributed by atoms with Gasteiger partial charge in [-0.15, -0.1) is 0 Å². The van der Waals surface area contributed by atoms with E-state index in [1.807, 2.05) is 31.2 Å². The van der Waals surface area contributed by atoms with Crippen LogP contribution in [0.15, 0.2) is 54.6 Å². The molecule has 6 rings (SSSR count). The number of likely N-dealkylation sites (N-methyl/N-ethyl adjacent to an activating group) is 1. The smallest absolute Gasteiger partial charge is 0.257 e. The van der Waals surface area contributed by atoms with Gasteiger partial charge < -0.3 is 24.6 Å². The zero-order valence-corrected chi connectivity index (χ0v) is 24.3. The third-order valence-corrected chi connectivity index (χ3v) is 8.52. The topological polar surface area (TPSA) is 82.7 Å². The number of amides is 1. The molecule has 0 spiro atoms. The van der Waals surface area contributed by atoms with Crippen molar-refractivity contribution in [1.82, 2.24) is 15.1 Å². The highest BCUT2D eigenvalue weighted by molar-refractivity contribution is 6.09. The maximum Gasteiger partial charge on any atom is 0.257 e. The quantitative estimate of drug-likeness (QED) is 0.288. The van der Waals surface area contributed by atoms with E-state index in [2.05, 4.69) is 44.5 Å². The van der Waals surface area contributed by atoms with Gasteiger partial charge in [0.2, 0.25) is 0 Å². The number of hydrogen-bond acceptors (Lipinski definition) is 6. The van der Waals surface area contributed by atoms with Crippen molar-refractivity contribution < 1.29 is 18.7 Å². The Bertz CT molecular complexity index is 1560. The number of fused-ring (bicyclic) bond motifs is 1. The van der Waals surface area contributed by atoms with Crippen LogP contribution in [0.5, 0.6) is 5.75 Å². The molecule has 2 aliphatic rings. The second-order valence-electron chi connectivity index (χ2n) is 11.5. The van der Waals surface area contributed by atoms with Crippen LogP contribution in [-0.4, -0.2) is 67.4 Å². The van der Waals surface area contributed by atoms with Crippen molar-refractivity contribution in [2.45, 2.75) is 32.8 Å². The highest BCUT2D eigenvalue weighted by atomic mass is 19.1. The molecular formula is C33H38FN5O3. The summed E-state index contributed by atoms with van der Waals surface area (Å²) >= 11 is 0. The van der Waals surface area contributed by atoms with Crippen LogP contribution >= 0.6 is 0 Å². The predicted molar refractivity (Wildman–Crippen MR) is 163 cm³/mol. The number of benzene rings is 3. The molecule has 1 amide bonds. The van der Waals surface area contributed by atoms with Crippen LogP contribution in [0.4, 0.5) is 15.9 Å². The lowest BCUT2D eigenvalue weighted by molar-refractivity contribution is 0.0664. The normalized spacial score (nSPS) is 16.6. The second-order valence-corrected chi connectivity index (χ2v) is 11.5. The van der Waals surface area contributed by atoms with Crippen LogP contribution in [0, 0.1) is 18.7 Å². The van der Waals surface area contributed by atoms with Gasteiger partial charge in [0.25, 0.3) is 5.91 Å². The number of nitrogens with one attached hydrogen (secondary N) is 2. The molecule has 0 unspecified atom stereocenters. The zero-order valence-electron chi connectivity index (χ0n) is 24.3. The standard InChI is InChI=1S/C33H38FN5O3/c1-22-3-4-26(34)18-25(22)21-42-28-6-8-31-30(20-28)32(37-36-31)35-33(40)29-7-5-27(39-13-11-38(2)12-14-39)19-24(29)17-23-9-15-41-16-10-23/h3-8,18-20,23H,9-17,21H2,1-2H3,(H2,35,36,37,40). The van der Waals surface area contributed by atoms with E-state index >= 15 is 0 Å². The Morgan fingerprint density at radius 3 is 2.67 bits per heavy atom. The van der Waals surface area contributed by atoms with Crippen molar-refractivity contribution in [2.24, 2.45) is 5.92 Å². The van der Waals surface area contributed by atoms with Crippen molar-refractivity contribution in [3.63, 3.8) is 0 Å². The van der Waals surface area contributed by atoms with E-state index in [9.17, 15) is 9.18 Å². The Labute approximate surface area is 245 Å². The monoisotopic (exact) mass is 571 g/mol. The average Bonchev–Trinajstić information content (AvgIpc) is 3.40. The summed E-state index contributed by atoms with van der Waals surface area (Å²) in [6.45, 7) is 7.71. The highest BCUT2D eigenvalue weighted by Crippen LogP contribution is 2.30. The van der Waals surface area contributed by atoms with Crippen molar-refractivity contribution in [2.75, 3.05) is 56.7 Å². The molecule has 2 saturated heterocycles. The molecule has 2 fully saturated rings. The van der Waals surface area contributed by atoms with E-state index in [1.54, 1.807) is 6.07 Å². The minimum absolute atomic E-state index is 0.183. The Balaban J connectivity index is 1.22. The van der Waals surface area contributed by atoms with Gasteiger partial charge in [0, 0.05) is 56.0 Å². The summed E-state index contributed by atoms with van der Waals surface area (Å²) in [5, 5.41) is 11.2. The van der Waals surface area contributed by atoms with Crippen LogP contribution in [-0.2, 0) is 17.8 Å². The first-order valence-corrected chi connectivity index (χ1v) is 14.7. The van der Waals surface area contributed by atoms with Crippen molar-refractivity contribution in [3.05, 3.63) is 82.7 Å². The number of piperazine rings is 1. The average molecular weight is 572 g/mol. The number of ether oxygens (including phenoxy) is 2. The fraction of sp³-hybridized carbons (Fsp3) is 0.394. The molecule has 0 aliphatic carbocycles. The summed E-state index contributed by atoms with van der Waals surface area (Å²) in [5.41, 5.74) is 5.43. The zero-order chi connectivity index (χ0) is 29.1. The highest BCUT2D eigenvalue weighted by Gasteiger charge is 2.22. The number of aromatic amines is 1. The van der Waals surface area contributed by atoms with E-state index in [0.29, 0.717) is 23.0 Å². The van der Waals surface area contributed by atoms with Crippen molar-refractivity contribution >= 4 is 28.3 Å². The lowest BCUT2D eigenvalue weighted by atomic mass is 9.89. The third-order valence-electron chi connectivity index (χ3n) is 8.52. The fourth-order valence-corrected chi connectivity index (χ4v) is 5.80. The minimum atomic E-state index is -0.290. The van der Waals surface area contributed by atoms with Crippen LogP contribution in [0.2, 0.25) is 0 Å². The van der Waals surface area contributed by atoms with Gasteiger partial charge in [-0.25, -0.2) is 4.39 Å². The molecule has 9 heteroatoms. The molecule has 42 heavy (non-hydrogen) atoms. The summed E-state index contributed by atoms with van der Waals surface area (Å²) in [6.07, 6.45) is 2.84. The maximum atomic E-state index is 13.7. The number of nitrogens with zero attached hydrogens (tertiary/aromatic N) is 3. The molecule has 220 valence electrons. The molecule has 1 aromatic heterocycles. The molecule has 2 aliphatic heterocycles. The number of aryl methyl sites for hydroxylation is 1. The van der Waals surface area contributed by atoms with Gasteiger partial charge in [0.05, 0.1) is 5.52 Å². The van der Waals surface area contributed by atoms with Crippen LogP contribution in [0.3, 0.4) is 0 Å². The van der Waals surface area contributed by atoms with Gasteiger partial charge in [-0.2, -0.15) is 5.10 Å². The summed E-state index contributed by atoms with van der Waals surface area (Å²) < 4.78 is 25.3. The van der Waals surface area contributed by atoms with E-state index in [4.69, 9.17) is 9.47 Å². The molecule has 0 bridgehead atoms. The lowest BCUT2D eigenvalue weighted by Gasteiger charge is -2.34. The summed E-state index contributed by atoms with van der Waals surface area (Å²) in [7, 11) is 2.15. The van der Waals surface area contributed by atoms with Crippen LogP contribution in [0.1, 0.15) is 39.9 Å². The molecule has 3 aromatic carbocycles. The molecular weight excluding hydrogens is 533 g/mol. The van der Waals surface area contributed by atoms with Gasteiger partial charge in [0.15, 0.2) is 5.82 Å². The largest absolute Gasteiger partial charge is 0.489 e. The molecule has 0 radical (unpaired) electrons.